The van der Waals surface area contributed by atoms with Gasteiger partial charge in [0.1, 0.15) is 11.2 Å². The Morgan fingerprint density at radius 2 is 1.95 bits per heavy atom. The predicted octanol–water partition coefficient (Wildman–Crippen LogP) is 4.24. The molecule has 0 aliphatic carbocycles. The SMILES string of the molecule is Brc1c2ccoc2c(CC2CCCN2)c2ccoc12. The summed E-state index contributed by atoms with van der Waals surface area (Å²) < 4.78 is 12.3. The van der Waals surface area contributed by atoms with Crippen molar-refractivity contribution in [2.24, 2.45) is 0 Å². The zero-order chi connectivity index (χ0) is 12.8. The molecule has 0 radical (unpaired) electrons. The molecule has 4 rings (SSSR count). The lowest BCUT2D eigenvalue weighted by Gasteiger charge is -2.12. The van der Waals surface area contributed by atoms with E-state index in [-0.39, 0.29) is 0 Å². The Balaban J connectivity index is 1.95. The standard InChI is InChI=1S/C15H14BrNO2/c16-13-11-4-7-18-14(11)12(8-9-2-1-5-17-9)10-3-6-19-15(10)13/h3-4,6-7,9,17H,1-2,5,8H2. The summed E-state index contributed by atoms with van der Waals surface area (Å²) in [6, 6.07) is 4.58. The largest absolute Gasteiger partial charge is 0.464 e. The van der Waals surface area contributed by atoms with E-state index in [0.29, 0.717) is 6.04 Å². The monoisotopic (exact) mass is 319 g/mol. The molecule has 3 aromatic rings. The van der Waals surface area contributed by atoms with E-state index in [9.17, 15) is 0 Å². The van der Waals surface area contributed by atoms with Crippen molar-refractivity contribution in [2.45, 2.75) is 25.3 Å². The van der Waals surface area contributed by atoms with Crippen molar-refractivity contribution >= 4 is 37.9 Å². The van der Waals surface area contributed by atoms with Crippen molar-refractivity contribution in [2.75, 3.05) is 6.54 Å². The van der Waals surface area contributed by atoms with Gasteiger partial charge < -0.3 is 14.2 Å². The Hall–Kier alpha value is -1.26. The minimum absolute atomic E-state index is 0.549. The van der Waals surface area contributed by atoms with E-state index in [0.717, 1.165) is 39.4 Å². The smallest absolute Gasteiger partial charge is 0.149 e. The number of rotatable bonds is 2. The van der Waals surface area contributed by atoms with E-state index < -0.39 is 0 Å². The summed E-state index contributed by atoms with van der Waals surface area (Å²) >= 11 is 3.62. The third kappa shape index (κ3) is 1.74. The number of fused-ring (bicyclic) bond motifs is 2. The van der Waals surface area contributed by atoms with E-state index in [2.05, 4.69) is 21.2 Å². The molecule has 1 aliphatic heterocycles. The Bertz CT molecular complexity index is 685. The molecule has 1 atom stereocenters. The maximum absolute atomic E-state index is 5.72. The summed E-state index contributed by atoms with van der Waals surface area (Å²) in [5, 5.41) is 5.80. The second-order valence-corrected chi connectivity index (χ2v) is 5.91. The maximum atomic E-state index is 5.72. The first kappa shape index (κ1) is 11.6. The van der Waals surface area contributed by atoms with Gasteiger partial charge in [0.05, 0.1) is 17.0 Å². The molecule has 3 nitrogen and oxygen atoms in total. The van der Waals surface area contributed by atoms with Crippen molar-refractivity contribution in [1.29, 1.82) is 0 Å². The fourth-order valence-electron chi connectivity index (χ4n) is 3.06. The lowest BCUT2D eigenvalue weighted by atomic mass is 9.99. The maximum Gasteiger partial charge on any atom is 0.149 e. The average molecular weight is 320 g/mol. The molecule has 19 heavy (non-hydrogen) atoms. The van der Waals surface area contributed by atoms with Crippen LogP contribution < -0.4 is 5.32 Å². The second-order valence-electron chi connectivity index (χ2n) is 5.12. The van der Waals surface area contributed by atoms with Crippen LogP contribution in [0.3, 0.4) is 0 Å². The first-order valence-corrected chi connectivity index (χ1v) is 7.42. The lowest BCUT2D eigenvalue weighted by molar-refractivity contribution is 0.582. The van der Waals surface area contributed by atoms with Gasteiger partial charge >= 0.3 is 0 Å². The molecule has 4 heteroatoms. The fourth-order valence-corrected chi connectivity index (χ4v) is 3.68. The molecule has 1 aliphatic rings. The second kappa shape index (κ2) is 4.39. The van der Waals surface area contributed by atoms with Crippen LogP contribution in [0.4, 0.5) is 0 Å². The first-order valence-electron chi connectivity index (χ1n) is 6.62. The molecule has 98 valence electrons. The van der Waals surface area contributed by atoms with E-state index in [4.69, 9.17) is 8.83 Å². The molecular weight excluding hydrogens is 306 g/mol. The number of hydrogen-bond acceptors (Lipinski definition) is 3. The minimum Gasteiger partial charge on any atom is -0.464 e. The van der Waals surface area contributed by atoms with Crippen LogP contribution in [0, 0.1) is 0 Å². The Morgan fingerprint density at radius 1 is 1.16 bits per heavy atom. The zero-order valence-electron chi connectivity index (χ0n) is 10.4. The average Bonchev–Trinajstić information content (AvgIpc) is 3.13. The molecule has 1 aromatic carbocycles. The lowest BCUT2D eigenvalue weighted by Crippen LogP contribution is -2.23. The highest BCUT2D eigenvalue weighted by molar-refractivity contribution is 9.10. The number of hydrogen-bond donors (Lipinski definition) is 1. The summed E-state index contributed by atoms with van der Waals surface area (Å²) in [7, 11) is 0. The van der Waals surface area contributed by atoms with Gasteiger partial charge in [-0.15, -0.1) is 0 Å². The highest BCUT2D eigenvalue weighted by atomic mass is 79.9. The van der Waals surface area contributed by atoms with Crippen LogP contribution >= 0.6 is 15.9 Å². The third-order valence-corrected chi connectivity index (χ3v) is 4.77. The molecule has 2 aromatic heterocycles. The van der Waals surface area contributed by atoms with Crippen molar-refractivity contribution in [3.63, 3.8) is 0 Å². The topological polar surface area (TPSA) is 38.3 Å². The highest BCUT2D eigenvalue weighted by Crippen LogP contribution is 2.38. The Labute approximate surface area is 119 Å². The van der Waals surface area contributed by atoms with Crippen molar-refractivity contribution in [3.8, 4) is 0 Å². The molecule has 1 unspecified atom stereocenters. The van der Waals surface area contributed by atoms with E-state index >= 15 is 0 Å². The Kier molecular flexibility index (Phi) is 2.67. The van der Waals surface area contributed by atoms with Gasteiger partial charge in [0, 0.05) is 22.4 Å². The van der Waals surface area contributed by atoms with Crippen LogP contribution in [0.25, 0.3) is 21.9 Å². The summed E-state index contributed by atoms with van der Waals surface area (Å²) in [5.74, 6) is 0. The Morgan fingerprint density at radius 3 is 2.74 bits per heavy atom. The van der Waals surface area contributed by atoms with Crippen LogP contribution in [-0.4, -0.2) is 12.6 Å². The normalized spacial score (nSPS) is 19.7. The number of nitrogens with one attached hydrogen (secondary N) is 1. The van der Waals surface area contributed by atoms with Gasteiger partial charge in [0.2, 0.25) is 0 Å². The van der Waals surface area contributed by atoms with Gasteiger partial charge in [-0.25, -0.2) is 0 Å². The fraction of sp³-hybridized carbons (Fsp3) is 0.333. The van der Waals surface area contributed by atoms with Gasteiger partial charge in [-0.2, -0.15) is 0 Å². The molecule has 0 saturated carbocycles. The number of furan rings is 2. The molecule has 1 saturated heterocycles. The van der Waals surface area contributed by atoms with Gasteiger partial charge in [-0.1, -0.05) is 0 Å². The minimum atomic E-state index is 0.549. The molecule has 1 fully saturated rings. The first-order chi connectivity index (χ1) is 9.34. The van der Waals surface area contributed by atoms with Crippen molar-refractivity contribution in [1.82, 2.24) is 5.32 Å². The molecule has 3 heterocycles. The number of benzene rings is 1. The van der Waals surface area contributed by atoms with Crippen LogP contribution in [-0.2, 0) is 6.42 Å². The predicted molar refractivity (Wildman–Crippen MR) is 78.4 cm³/mol. The van der Waals surface area contributed by atoms with Crippen molar-refractivity contribution in [3.05, 3.63) is 34.7 Å². The van der Waals surface area contributed by atoms with Crippen molar-refractivity contribution < 1.29 is 8.83 Å². The zero-order valence-corrected chi connectivity index (χ0v) is 12.0. The summed E-state index contributed by atoms with van der Waals surface area (Å²) in [6.07, 6.45) is 6.99. The quantitative estimate of drug-likeness (QED) is 0.768. The molecule has 0 amide bonds. The van der Waals surface area contributed by atoms with Gasteiger partial charge in [-0.05, 0) is 53.9 Å². The van der Waals surface area contributed by atoms with Crippen LogP contribution in [0.15, 0.2) is 38.0 Å². The van der Waals surface area contributed by atoms with Gasteiger partial charge in [0.15, 0.2) is 0 Å². The summed E-state index contributed by atoms with van der Waals surface area (Å²) in [5.41, 5.74) is 3.16. The summed E-state index contributed by atoms with van der Waals surface area (Å²) in [4.78, 5) is 0. The van der Waals surface area contributed by atoms with Crippen LogP contribution in [0.1, 0.15) is 18.4 Å². The van der Waals surface area contributed by atoms with E-state index in [1.165, 1.54) is 18.4 Å². The number of halogens is 1. The molecule has 0 spiro atoms. The van der Waals surface area contributed by atoms with E-state index in [1.54, 1.807) is 12.5 Å². The highest BCUT2D eigenvalue weighted by Gasteiger charge is 2.21. The van der Waals surface area contributed by atoms with Gasteiger partial charge in [-0.3, -0.25) is 0 Å². The van der Waals surface area contributed by atoms with E-state index in [1.807, 2.05) is 12.1 Å². The molecule has 0 bridgehead atoms. The molecular formula is C15H14BrNO2. The van der Waals surface area contributed by atoms with Crippen LogP contribution in [0.5, 0.6) is 0 Å². The third-order valence-electron chi connectivity index (χ3n) is 3.98. The van der Waals surface area contributed by atoms with Crippen LogP contribution in [0.2, 0.25) is 0 Å². The summed E-state index contributed by atoms with van der Waals surface area (Å²) in [6.45, 7) is 1.12. The van der Waals surface area contributed by atoms with Gasteiger partial charge in [0.25, 0.3) is 0 Å². The molecule has 1 N–H and O–H groups in total.